The van der Waals surface area contributed by atoms with E-state index in [1.54, 1.807) is 7.11 Å². The Balaban J connectivity index is 2.42. The fourth-order valence-electron chi connectivity index (χ4n) is 2.52. The molecule has 5 heteroatoms. The molecule has 108 valence electrons. The number of pyridine rings is 1. The number of imide groups is 1. The normalized spacial score (nSPS) is 19.1. The second kappa shape index (κ2) is 5.61. The number of aromatic nitrogens is 1. The number of carbonyl (C=O) groups is 2. The van der Waals surface area contributed by atoms with Crippen molar-refractivity contribution in [3.05, 3.63) is 22.9 Å². The van der Waals surface area contributed by atoms with E-state index in [-0.39, 0.29) is 17.7 Å². The molecule has 2 heterocycles. The van der Waals surface area contributed by atoms with Crippen LogP contribution < -0.4 is 10.1 Å². The number of hydrogen-bond acceptors (Lipinski definition) is 4. The average Bonchev–Trinajstić information content (AvgIpc) is 2.39. The Hall–Kier alpha value is -1.91. The molecule has 1 aliphatic rings. The number of amides is 2. The molecule has 0 aromatic carbocycles. The highest BCUT2D eigenvalue weighted by Crippen LogP contribution is 2.32. The van der Waals surface area contributed by atoms with E-state index in [4.69, 9.17) is 4.74 Å². The molecule has 1 aliphatic heterocycles. The number of ether oxygens (including phenoxy) is 1. The fraction of sp³-hybridized carbons (Fsp3) is 0.533. The van der Waals surface area contributed by atoms with E-state index < -0.39 is 0 Å². The van der Waals surface area contributed by atoms with Crippen molar-refractivity contribution >= 4 is 11.8 Å². The minimum absolute atomic E-state index is 0.213. The summed E-state index contributed by atoms with van der Waals surface area (Å²) in [5.74, 6) is 0.00550. The van der Waals surface area contributed by atoms with Gasteiger partial charge in [-0.3, -0.25) is 14.9 Å². The van der Waals surface area contributed by atoms with Crippen LogP contribution in [0.1, 0.15) is 55.3 Å². The summed E-state index contributed by atoms with van der Waals surface area (Å²) in [6.45, 7) is 6.09. The average molecular weight is 276 g/mol. The van der Waals surface area contributed by atoms with Crippen LogP contribution in [0.15, 0.2) is 6.07 Å². The van der Waals surface area contributed by atoms with E-state index in [0.717, 1.165) is 11.1 Å². The zero-order chi connectivity index (χ0) is 14.9. The van der Waals surface area contributed by atoms with Gasteiger partial charge in [0.1, 0.15) is 0 Å². The first-order chi connectivity index (χ1) is 9.43. The molecule has 1 aromatic heterocycles. The molecule has 1 fully saturated rings. The maximum absolute atomic E-state index is 12.0. The summed E-state index contributed by atoms with van der Waals surface area (Å²) in [5, 5.41) is 2.37. The van der Waals surface area contributed by atoms with Crippen molar-refractivity contribution < 1.29 is 14.3 Å². The molecular weight excluding hydrogens is 256 g/mol. The lowest BCUT2D eigenvalue weighted by Gasteiger charge is -2.23. The van der Waals surface area contributed by atoms with E-state index in [0.29, 0.717) is 30.3 Å². The summed E-state index contributed by atoms with van der Waals surface area (Å²) in [6.07, 6.45) is 0.856. The van der Waals surface area contributed by atoms with Crippen molar-refractivity contribution in [1.29, 1.82) is 0 Å². The molecule has 0 radical (unpaired) electrons. The van der Waals surface area contributed by atoms with E-state index in [1.807, 2.05) is 13.0 Å². The number of methoxy groups -OCH3 is 1. The summed E-state index contributed by atoms with van der Waals surface area (Å²) >= 11 is 0. The number of nitrogens with one attached hydrogen (secondary N) is 1. The Kier molecular flexibility index (Phi) is 4.06. The van der Waals surface area contributed by atoms with Gasteiger partial charge in [0.2, 0.25) is 17.7 Å². The molecular formula is C15H20N2O3. The monoisotopic (exact) mass is 276 g/mol. The third-order valence-electron chi connectivity index (χ3n) is 3.63. The molecule has 20 heavy (non-hydrogen) atoms. The Bertz CT molecular complexity index is 552. The molecule has 0 bridgehead atoms. The first-order valence-electron chi connectivity index (χ1n) is 6.83. The van der Waals surface area contributed by atoms with Crippen molar-refractivity contribution in [2.45, 2.75) is 45.4 Å². The Morgan fingerprint density at radius 2 is 2.10 bits per heavy atom. The smallest absolute Gasteiger partial charge is 0.235 e. The van der Waals surface area contributed by atoms with Crippen LogP contribution in [-0.4, -0.2) is 23.9 Å². The number of carbonyl (C=O) groups excluding carboxylic acids is 2. The van der Waals surface area contributed by atoms with Gasteiger partial charge in [-0.1, -0.05) is 13.8 Å². The summed E-state index contributed by atoms with van der Waals surface area (Å²) in [5.41, 5.74) is 2.70. The van der Waals surface area contributed by atoms with Gasteiger partial charge >= 0.3 is 0 Å². The zero-order valence-corrected chi connectivity index (χ0v) is 12.3. The predicted octanol–water partition coefficient (Wildman–Crippen LogP) is 2.04. The van der Waals surface area contributed by atoms with Gasteiger partial charge in [0.15, 0.2) is 0 Å². The van der Waals surface area contributed by atoms with E-state index >= 15 is 0 Å². The molecule has 0 spiro atoms. The van der Waals surface area contributed by atoms with Crippen LogP contribution in [0.2, 0.25) is 0 Å². The highest BCUT2D eigenvalue weighted by molar-refractivity contribution is 6.00. The SMILES string of the molecule is COc1nc(C2CCC(=O)NC2=O)c(C)cc1C(C)C. The van der Waals surface area contributed by atoms with Gasteiger partial charge in [-0.2, -0.15) is 0 Å². The Morgan fingerprint density at radius 3 is 2.65 bits per heavy atom. The first kappa shape index (κ1) is 14.5. The molecule has 5 nitrogen and oxygen atoms in total. The maximum atomic E-state index is 12.0. The number of rotatable bonds is 3. The van der Waals surface area contributed by atoms with Crippen molar-refractivity contribution in [2.24, 2.45) is 0 Å². The minimum atomic E-state index is -0.372. The quantitative estimate of drug-likeness (QED) is 0.858. The lowest BCUT2D eigenvalue weighted by atomic mass is 9.90. The molecule has 1 unspecified atom stereocenters. The van der Waals surface area contributed by atoms with Crippen LogP contribution >= 0.6 is 0 Å². The van der Waals surface area contributed by atoms with Gasteiger partial charge < -0.3 is 4.74 Å². The molecule has 1 saturated heterocycles. The maximum Gasteiger partial charge on any atom is 0.235 e. The molecule has 0 saturated carbocycles. The molecule has 2 rings (SSSR count). The van der Waals surface area contributed by atoms with Crippen LogP contribution in [0.5, 0.6) is 5.88 Å². The molecule has 1 aromatic rings. The third-order valence-corrected chi connectivity index (χ3v) is 3.63. The summed E-state index contributed by atoms with van der Waals surface area (Å²) in [4.78, 5) is 27.7. The number of nitrogens with zero attached hydrogens (tertiary/aromatic N) is 1. The van der Waals surface area contributed by atoms with Crippen LogP contribution in [0.25, 0.3) is 0 Å². The van der Waals surface area contributed by atoms with Crippen LogP contribution in [-0.2, 0) is 9.59 Å². The van der Waals surface area contributed by atoms with Gasteiger partial charge in [-0.25, -0.2) is 4.98 Å². The fourth-order valence-corrected chi connectivity index (χ4v) is 2.52. The predicted molar refractivity (Wildman–Crippen MR) is 74.7 cm³/mol. The summed E-state index contributed by atoms with van der Waals surface area (Å²) in [7, 11) is 1.58. The first-order valence-corrected chi connectivity index (χ1v) is 6.83. The van der Waals surface area contributed by atoms with E-state index in [2.05, 4.69) is 24.1 Å². The second-order valence-corrected chi connectivity index (χ2v) is 5.45. The van der Waals surface area contributed by atoms with Crippen molar-refractivity contribution in [3.63, 3.8) is 0 Å². The van der Waals surface area contributed by atoms with Gasteiger partial charge in [-0.15, -0.1) is 0 Å². The molecule has 0 aliphatic carbocycles. The van der Waals surface area contributed by atoms with Crippen molar-refractivity contribution in [1.82, 2.24) is 10.3 Å². The summed E-state index contributed by atoms with van der Waals surface area (Å²) < 4.78 is 5.34. The van der Waals surface area contributed by atoms with Crippen LogP contribution in [0.3, 0.4) is 0 Å². The number of aryl methyl sites for hydroxylation is 1. The van der Waals surface area contributed by atoms with Crippen molar-refractivity contribution in [3.8, 4) is 5.88 Å². The van der Waals surface area contributed by atoms with E-state index in [9.17, 15) is 9.59 Å². The second-order valence-electron chi connectivity index (χ2n) is 5.45. The van der Waals surface area contributed by atoms with Crippen LogP contribution in [0, 0.1) is 6.92 Å². The molecule has 1 N–H and O–H groups in total. The highest BCUT2D eigenvalue weighted by atomic mass is 16.5. The molecule has 2 amide bonds. The Labute approximate surface area is 118 Å². The van der Waals surface area contributed by atoms with Gasteiger partial charge in [-0.05, 0) is 30.9 Å². The Morgan fingerprint density at radius 1 is 1.40 bits per heavy atom. The van der Waals surface area contributed by atoms with Gasteiger partial charge in [0, 0.05) is 12.0 Å². The lowest BCUT2D eigenvalue weighted by molar-refractivity contribution is -0.134. The lowest BCUT2D eigenvalue weighted by Crippen LogP contribution is -2.40. The zero-order valence-electron chi connectivity index (χ0n) is 12.3. The highest BCUT2D eigenvalue weighted by Gasteiger charge is 2.31. The number of hydrogen-bond donors (Lipinski definition) is 1. The van der Waals surface area contributed by atoms with E-state index in [1.165, 1.54) is 0 Å². The van der Waals surface area contributed by atoms with Crippen molar-refractivity contribution in [2.75, 3.05) is 7.11 Å². The standard InChI is InChI=1S/C15H20N2O3/c1-8(2)11-7-9(3)13(17-15(11)20-4)10-5-6-12(18)16-14(10)19/h7-8,10H,5-6H2,1-4H3,(H,16,18,19). The minimum Gasteiger partial charge on any atom is -0.481 e. The molecule has 1 atom stereocenters. The van der Waals surface area contributed by atoms with Gasteiger partial charge in [0.05, 0.1) is 18.7 Å². The van der Waals surface area contributed by atoms with Crippen LogP contribution in [0.4, 0.5) is 0 Å². The topological polar surface area (TPSA) is 68.3 Å². The third kappa shape index (κ3) is 2.66. The number of piperidine rings is 1. The largest absolute Gasteiger partial charge is 0.481 e. The summed E-state index contributed by atoms with van der Waals surface area (Å²) in [6, 6.07) is 2.02. The van der Waals surface area contributed by atoms with Gasteiger partial charge in [0.25, 0.3) is 0 Å².